The summed E-state index contributed by atoms with van der Waals surface area (Å²) in [6.45, 7) is 3.33. The maximum absolute atomic E-state index is 5.42. The summed E-state index contributed by atoms with van der Waals surface area (Å²) in [5.41, 5.74) is 1.21. The molecule has 0 atom stereocenters. The van der Waals surface area contributed by atoms with Crippen LogP contribution in [0.15, 0.2) is 40.9 Å². The molecule has 13 heavy (non-hydrogen) atoms. The van der Waals surface area contributed by atoms with Gasteiger partial charge in [-0.3, -0.25) is 0 Å². The van der Waals surface area contributed by atoms with Gasteiger partial charge in [-0.2, -0.15) is 0 Å². The normalized spacial score (nSPS) is 11.7. The Kier molecular flexibility index (Phi) is 4.79. The van der Waals surface area contributed by atoms with Gasteiger partial charge in [-0.1, -0.05) is 46.3 Å². The second-order valence-corrected chi connectivity index (χ2v) is 4.04. The third-order valence-electron chi connectivity index (χ3n) is 1.59. The van der Waals surface area contributed by atoms with E-state index in [1.165, 1.54) is 5.56 Å². The maximum atomic E-state index is 5.42. The molecule has 0 fully saturated rings. The third kappa shape index (κ3) is 4.86. The molecule has 0 bridgehead atoms. The summed E-state index contributed by atoms with van der Waals surface area (Å²) in [7, 11) is 0. The second-order valence-electron chi connectivity index (χ2n) is 2.79. The minimum Gasteiger partial charge on any atom is -0.373 e. The second kappa shape index (κ2) is 5.95. The van der Waals surface area contributed by atoms with Gasteiger partial charge in [0.2, 0.25) is 0 Å². The van der Waals surface area contributed by atoms with E-state index >= 15 is 0 Å². The van der Waals surface area contributed by atoms with Crippen LogP contribution in [0.3, 0.4) is 0 Å². The van der Waals surface area contributed by atoms with Crippen molar-refractivity contribution in [3.63, 3.8) is 0 Å². The van der Waals surface area contributed by atoms with Gasteiger partial charge in [-0.05, 0) is 23.0 Å². The number of allylic oxidation sites excluding steroid dienone is 1. The Hall–Kier alpha value is -0.600. The van der Waals surface area contributed by atoms with E-state index in [2.05, 4.69) is 28.1 Å². The van der Waals surface area contributed by atoms with E-state index in [-0.39, 0.29) is 0 Å². The van der Waals surface area contributed by atoms with Crippen molar-refractivity contribution >= 4 is 15.9 Å². The first-order chi connectivity index (χ1) is 6.29. The van der Waals surface area contributed by atoms with Crippen molar-refractivity contribution in [1.82, 2.24) is 0 Å². The molecule has 0 spiro atoms. The largest absolute Gasteiger partial charge is 0.373 e. The highest BCUT2D eigenvalue weighted by molar-refractivity contribution is 9.11. The lowest BCUT2D eigenvalue weighted by Gasteiger charge is -2.00. The Morgan fingerprint density at radius 3 is 2.69 bits per heavy atom. The van der Waals surface area contributed by atoms with E-state index in [0.717, 1.165) is 4.48 Å². The van der Waals surface area contributed by atoms with Crippen LogP contribution >= 0.6 is 15.9 Å². The lowest BCUT2D eigenvalue weighted by molar-refractivity contribution is 0.148. The third-order valence-corrected chi connectivity index (χ3v) is 1.92. The summed E-state index contributed by atoms with van der Waals surface area (Å²) < 4.78 is 6.54. The smallest absolute Gasteiger partial charge is 0.0721 e. The molecule has 0 unspecified atom stereocenters. The first-order valence-electron chi connectivity index (χ1n) is 4.23. The van der Waals surface area contributed by atoms with Crippen LogP contribution in [0, 0.1) is 0 Å². The van der Waals surface area contributed by atoms with Crippen molar-refractivity contribution in [3.05, 3.63) is 46.5 Å². The van der Waals surface area contributed by atoms with E-state index in [4.69, 9.17) is 4.74 Å². The minimum atomic E-state index is 0.659. The molecular weight excluding hydrogens is 228 g/mol. The van der Waals surface area contributed by atoms with Gasteiger partial charge in [0.1, 0.15) is 0 Å². The van der Waals surface area contributed by atoms with E-state index in [1.54, 1.807) is 0 Å². The Labute approximate surface area is 87.5 Å². The van der Waals surface area contributed by atoms with Gasteiger partial charge in [-0.25, -0.2) is 0 Å². The van der Waals surface area contributed by atoms with Crippen LogP contribution in [0.4, 0.5) is 0 Å². The molecule has 0 heterocycles. The van der Waals surface area contributed by atoms with Crippen molar-refractivity contribution in [2.75, 3.05) is 6.61 Å². The fourth-order valence-corrected chi connectivity index (χ4v) is 1.06. The summed E-state index contributed by atoms with van der Waals surface area (Å²) in [6, 6.07) is 10.2. The molecule has 0 saturated carbocycles. The van der Waals surface area contributed by atoms with Crippen molar-refractivity contribution in [3.8, 4) is 0 Å². The quantitative estimate of drug-likeness (QED) is 0.733. The SMILES string of the molecule is C/C(Br)=C/COCc1ccccc1. The van der Waals surface area contributed by atoms with Gasteiger partial charge >= 0.3 is 0 Å². The van der Waals surface area contributed by atoms with Gasteiger partial charge < -0.3 is 4.74 Å². The van der Waals surface area contributed by atoms with Gasteiger partial charge in [0.05, 0.1) is 13.2 Å². The van der Waals surface area contributed by atoms with Gasteiger partial charge in [0.15, 0.2) is 0 Å². The van der Waals surface area contributed by atoms with Crippen LogP contribution in [0.1, 0.15) is 12.5 Å². The van der Waals surface area contributed by atoms with Crippen molar-refractivity contribution in [1.29, 1.82) is 0 Å². The first-order valence-corrected chi connectivity index (χ1v) is 5.02. The molecule has 0 aliphatic carbocycles. The van der Waals surface area contributed by atoms with E-state index < -0.39 is 0 Å². The topological polar surface area (TPSA) is 9.23 Å². The van der Waals surface area contributed by atoms with Gasteiger partial charge in [0.25, 0.3) is 0 Å². The Morgan fingerprint density at radius 1 is 1.38 bits per heavy atom. The fraction of sp³-hybridized carbons (Fsp3) is 0.273. The van der Waals surface area contributed by atoms with Crippen molar-refractivity contribution in [2.45, 2.75) is 13.5 Å². The van der Waals surface area contributed by atoms with E-state index in [1.807, 2.05) is 31.2 Å². The molecule has 0 aliphatic heterocycles. The van der Waals surface area contributed by atoms with Crippen molar-refractivity contribution < 1.29 is 4.74 Å². The number of benzene rings is 1. The van der Waals surface area contributed by atoms with Crippen LogP contribution in [0.25, 0.3) is 0 Å². The minimum absolute atomic E-state index is 0.659. The molecule has 1 nitrogen and oxygen atoms in total. The molecule has 1 aromatic rings. The molecule has 2 heteroatoms. The fourth-order valence-electron chi connectivity index (χ4n) is 0.925. The number of hydrogen-bond donors (Lipinski definition) is 0. The summed E-state index contributed by atoms with van der Waals surface area (Å²) in [4.78, 5) is 0. The molecule has 0 aromatic heterocycles. The standard InChI is InChI=1S/C11H13BrO/c1-10(12)7-8-13-9-11-5-3-2-4-6-11/h2-7H,8-9H2,1H3/b10-7-. The molecule has 0 aliphatic rings. The number of ether oxygens (including phenoxy) is 1. The molecule has 1 aromatic carbocycles. The van der Waals surface area contributed by atoms with E-state index in [9.17, 15) is 0 Å². The summed E-state index contributed by atoms with van der Waals surface area (Å²) in [5, 5.41) is 0. The molecule has 0 radical (unpaired) electrons. The molecule has 1 rings (SSSR count). The zero-order valence-corrected chi connectivity index (χ0v) is 9.25. The number of rotatable bonds is 4. The molecular formula is C11H13BrO. The molecule has 0 saturated heterocycles. The summed E-state index contributed by atoms with van der Waals surface area (Å²) in [5.74, 6) is 0. The monoisotopic (exact) mass is 240 g/mol. The Balaban J connectivity index is 2.25. The first kappa shape index (κ1) is 10.5. The van der Waals surface area contributed by atoms with Crippen LogP contribution in [0.5, 0.6) is 0 Å². The maximum Gasteiger partial charge on any atom is 0.0721 e. The number of halogens is 1. The van der Waals surface area contributed by atoms with Crippen LogP contribution in [-0.4, -0.2) is 6.61 Å². The zero-order chi connectivity index (χ0) is 9.52. The molecule has 0 amide bonds. The van der Waals surface area contributed by atoms with Crippen molar-refractivity contribution in [2.24, 2.45) is 0 Å². The average Bonchev–Trinajstić information content (AvgIpc) is 2.14. The highest BCUT2D eigenvalue weighted by Crippen LogP contribution is 2.03. The lowest BCUT2D eigenvalue weighted by Crippen LogP contribution is -1.92. The predicted octanol–water partition coefficient (Wildman–Crippen LogP) is 3.50. The summed E-state index contributed by atoms with van der Waals surface area (Å²) >= 11 is 3.34. The molecule has 70 valence electrons. The predicted molar refractivity (Wildman–Crippen MR) is 58.8 cm³/mol. The molecule has 0 N–H and O–H groups in total. The van der Waals surface area contributed by atoms with Gasteiger partial charge in [0, 0.05) is 0 Å². The summed E-state index contributed by atoms with van der Waals surface area (Å²) in [6.07, 6.45) is 2.00. The number of hydrogen-bond acceptors (Lipinski definition) is 1. The zero-order valence-electron chi connectivity index (χ0n) is 7.66. The average molecular weight is 241 g/mol. The van der Waals surface area contributed by atoms with Crippen LogP contribution in [-0.2, 0) is 11.3 Å². The van der Waals surface area contributed by atoms with Gasteiger partial charge in [-0.15, -0.1) is 0 Å². The Morgan fingerprint density at radius 2 is 2.08 bits per heavy atom. The Bertz CT molecular complexity index is 263. The van der Waals surface area contributed by atoms with E-state index in [0.29, 0.717) is 13.2 Å². The highest BCUT2D eigenvalue weighted by atomic mass is 79.9. The van der Waals surface area contributed by atoms with Crippen LogP contribution < -0.4 is 0 Å². The van der Waals surface area contributed by atoms with Crippen LogP contribution in [0.2, 0.25) is 0 Å². The lowest BCUT2D eigenvalue weighted by atomic mass is 10.2. The highest BCUT2D eigenvalue weighted by Gasteiger charge is 1.89.